The Balaban J connectivity index is 2.65. The van der Waals surface area contributed by atoms with Gasteiger partial charge in [-0.15, -0.1) is 0 Å². The van der Waals surface area contributed by atoms with Crippen LogP contribution >= 0.6 is 0 Å². The van der Waals surface area contributed by atoms with Gasteiger partial charge in [0, 0.05) is 0 Å². The summed E-state index contributed by atoms with van der Waals surface area (Å²) in [4.78, 5) is 22.3. The Labute approximate surface area is 77.8 Å². The second-order valence-electron chi connectivity index (χ2n) is 3.18. The molecule has 1 heterocycles. The molecule has 3 nitrogen and oxygen atoms in total. The predicted octanol–water partition coefficient (Wildman–Crippen LogP) is 1.47. The first-order chi connectivity index (χ1) is 6.22. The number of carbonyl (C=O) groups excluding carboxylic acids is 2. The normalized spacial score (nSPS) is 26.5. The summed E-state index contributed by atoms with van der Waals surface area (Å²) in [6.45, 7) is 1.85. The number of hydrogen-bond donors (Lipinski definition) is 0. The van der Waals surface area contributed by atoms with Crippen molar-refractivity contribution in [2.24, 2.45) is 5.92 Å². The summed E-state index contributed by atoms with van der Waals surface area (Å²) >= 11 is 0. The summed E-state index contributed by atoms with van der Waals surface area (Å²) in [6.07, 6.45) is 6.12. The average molecular weight is 182 g/mol. The summed E-state index contributed by atoms with van der Waals surface area (Å²) in [5, 5.41) is 0. The van der Waals surface area contributed by atoms with E-state index in [0.29, 0.717) is 13.0 Å². The van der Waals surface area contributed by atoms with Crippen LogP contribution in [0.5, 0.6) is 0 Å². The van der Waals surface area contributed by atoms with E-state index in [2.05, 4.69) is 0 Å². The monoisotopic (exact) mass is 182 g/mol. The van der Waals surface area contributed by atoms with Crippen LogP contribution in [-0.4, -0.2) is 18.4 Å². The Morgan fingerprint density at radius 3 is 3.00 bits per heavy atom. The molecule has 0 fully saturated rings. The number of hydrogen-bond acceptors (Lipinski definition) is 3. The lowest BCUT2D eigenvalue weighted by Crippen LogP contribution is -2.23. The van der Waals surface area contributed by atoms with E-state index in [1.807, 2.05) is 12.2 Å². The van der Waals surface area contributed by atoms with Crippen molar-refractivity contribution < 1.29 is 14.3 Å². The van der Waals surface area contributed by atoms with Crippen molar-refractivity contribution in [1.29, 1.82) is 0 Å². The van der Waals surface area contributed by atoms with E-state index >= 15 is 0 Å². The Bertz CT molecular complexity index is 230. The molecule has 13 heavy (non-hydrogen) atoms. The summed E-state index contributed by atoms with van der Waals surface area (Å²) in [5.41, 5.74) is 0. The number of ketones is 1. The largest absolute Gasteiger partial charge is 0.465 e. The SMILES string of the molecule is CC(=O)C1C/C=C\CCCOC1=O. The maximum Gasteiger partial charge on any atom is 0.316 e. The maximum atomic E-state index is 11.3. The number of Topliss-reactive ketones (excluding diaryl/α,β-unsaturated/α-hetero) is 1. The van der Waals surface area contributed by atoms with E-state index < -0.39 is 5.92 Å². The fourth-order valence-electron chi connectivity index (χ4n) is 1.25. The van der Waals surface area contributed by atoms with Gasteiger partial charge in [-0.1, -0.05) is 12.2 Å². The van der Waals surface area contributed by atoms with Gasteiger partial charge in [0.05, 0.1) is 6.61 Å². The van der Waals surface area contributed by atoms with E-state index in [0.717, 1.165) is 12.8 Å². The van der Waals surface area contributed by atoms with E-state index in [1.165, 1.54) is 6.92 Å². The highest BCUT2D eigenvalue weighted by Gasteiger charge is 2.23. The maximum absolute atomic E-state index is 11.3. The molecule has 0 aromatic rings. The van der Waals surface area contributed by atoms with Gasteiger partial charge in [0.15, 0.2) is 0 Å². The molecule has 0 aromatic carbocycles. The van der Waals surface area contributed by atoms with Crippen LogP contribution in [0.4, 0.5) is 0 Å². The van der Waals surface area contributed by atoms with Crippen LogP contribution in [-0.2, 0) is 14.3 Å². The zero-order valence-electron chi connectivity index (χ0n) is 7.79. The molecule has 1 unspecified atom stereocenters. The first kappa shape index (κ1) is 9.96. The van der Waals surface area contributed by atoms with Crippen LogP contribution < -0.4 is 0 Å². The van der Waals surface area contributed by atoms with Crippen molar-refractivity contribution >= 4 is 11.8 Å². The number of carbonyl (C=O) groups is 2. The van der Waals surface area contributed by atoms with Crippen molar-refractivity contribution in [3.05, 3.63) is 12.2 Å². The minimum absolute atomic E-state index is 0.114. The topological polar surface area (TPSA) is 43.4 Å². The Hall–Kier alpha value is -1.12. The van der Waals surface area contributed by atoms with Crippen LogP contribution in [0.25, 0.3) is 0 Å². The van der Waals surface area contributed by atoms with Crippen LogP contribution in [0.3, 0.4) is 0 Å². The van der Waals surface area contributed by atoms with Crippen LogP contribution in [0.15, 0.2) is 12.2 Å². The molecular weight excluding hydrogens is 168 g/mol. The van der Waals surface area contributed by atoms with Crippen molar-refractivity contribution in [3.8, 4) is 0 Å². The molecule has 1 rings (SSSR count). The van der Waals surface area contributed by atoms with E-state index in [-0.39, 0.29) is 11.8 Å². The van der Waals surface area contributed by atoms with E-state index in [9.17, 15) is 9.59 Å². The quantitative estimate of drug-likeness (QED) is 0.350. The van der Waals surface area contributed by atoms with E-state index in [4.69, 9.17) is 4.74 Å². The van der Waals surface area contributed by atoms with Crippen LogP contribution in [0.1, 0.15) is 26.2 Å². The van der Waals surface area contributed by atoms with Gasteiger partial charge in [-0.05, 0) is 26.2 Å². The van der Waals surface area contributed by atoms with Gasteiger partial charge in [0.2, 0.25) is 0 Å². The molecule has 0 spiro atoms. The summed E-state index contributed by atoms with van der Waals surface area (Å²) in [6, 6.07) is 0. The molecule has 0 saturated heterocycles. The lowest BCUT2D eigenvalue weighted by atomic mass is 10.0. The van der Waals surface area contributed by atoms with Crippen molar-refractivity contribution in [2.75, 3.05) is 6.61 Å². The van der Waals surface area contributed by atoms with E-state index in [1.54, 1.807) is 0 Å². The summed E-state index contributed by atoms with van der Waals surface area (Å²) in [5.74, 6) is -1.08. The fourth-order valence-corrected chi connectivity index (χ4v) is 1.25. The number of ether oxygens (including phenoxy) is 1. The number of cyclic esters (lactones) is 1. The number of allylic oxidation sites excluding steroid dienone is 2. The third-order valence-corrected chi connectivity index (χ3v) is 2.07. The predicted molar refractivity (Wildman–Crippen MR) is 48.1 cm³/mol. The standard InChI is InChI=1S/C10H14O3/c1-8(11)9-6-4-2-3-5-7-13-10(9)12/h2,4,9H,3,5-7H2,1H3/b4-2-. The highest BCUT2D eigenvalue weighted by molar-refractivity contribution is 5.97. The van der Waals surface area contributed by atoms with Crippen LogP contribution in [0.2, 0.25) is 0 Å². The molecule has 0 saturated carbocycles. The molecule has 0 bridgehead atoms. The lowest BCUT2D eigenvalue weighted by molar-refractivity contribution is -0.151. The van der Waals surface area contributed by atoms with Crippen molar-refractivity contribution in [2.45, 2.75) is 26.2 Å². The van der Waals surface area contributed by atoms with Gasteiger partial charge in [0.1, 0.15) is 11.7 Å². The molecule has 0 N–H and O–H groups in total. The van der Waals surface area contributed by atoms with Crippen molar-refractivity contribution in [3.63, 3.8) is 0 Å². The molecule has 0 amide bonds. The second-order valence-corrected chi connectivity index (χ2v) is 3.18. The Morgan fingerprint density at radius 2 is 2.31 bits per heavy atom. The molecule has 72 valence electrons. The lowest BCUT2D eigenvalue weighted by Gasteiger charge is -2.09. The van der Waals surface area contributed by atoms with Gasteiger partial charge >= 0.3 is 5.97 Å². The van der Waals surface area contributed by atoms with Gasteiger partial charge in [-0.3, -0.25) is 9.59 Å². The minimum Gasteiger partial charge on any atom is -0.465 e. The first-order valence-corrected chi connectivity index (χ1v) is 4.54. The highest BCUT2D eigenvalue weighted by atomic mass is 16.5. The molecule has 1 aliphatic heterocycles. The highest BCUT2D eigenvalue weighted by Crippen LogP contribution is 2.11. The average Bonchev–Trinajstić information content (AvgIpc) is 2.16. The Morgan fingerprint density at radius 1 is 1.54 bits per heavy atom. The molecule has 0 aromatic heterocycles. The Kier molecular flexibility index (Phi) is 3.68. The van der Waals surface area contributed by atoms with Gasteiger partial charge in [0.25, 0.3) is 0 Å². The molecule has 3 heteroatoms. The fraction of sp³-hybridized carbons (Fsp3) is 0.600. The second kappa shape index (κ2) is 4.80. The van der Waals surface area contributed by atoms with Crippen molar-refractivity contribution in [1.82, 2.24) is 0 Å². The molecular formula is C10H14O3. The third kappa shape index (κ3) is 3.01. The molecule has 0 radical (unpaired) electrons. The number of rotatable bonds is 1. The molecule has 0 aliphatic carbocycles. The molecule has 1 atom stereocenters. The third-order valence-electron chi connectivity index (χ3n) is 2.07. The smallest absolute Gasteiger partial charge is 0.316 e. The van der Waals surface area contributed by atoms with Gasteiger partial charge in [-0.2, -0.15) is 0 Å². The van der Waals surface area contributed by atoms with Gasteiger partial charge in [-0.25, -0.2) is 0 Å². The minimum atomic E-state index is -0.589. The summed E-state index contributed by atoms with van der Waals surface area (Å²) < 4.78 is 4.94. The summed E-state index contributed by atoms with van der Waals surface area (Å²) in [7, 11) is 0. The molecule has 1 aliphatic rings. The van der Waals surface area contributed by atoms with Gasteiger partial charge < -0.3 is 4.74 Å². The van der Waals surface area contributed by atoms with Crippen LogP contribution in [0, 0.1) is 5.92 Å². The zero-order chi connectivity index (χ0) is 9.68. The number of esters is 1. The zero-order valence-corrected chi connectivity index (χ0v) is 7.79. The first-order valence-electron chi connectivity index (χ1n) is 4.54.